The van der Waals surface area contributed by atoms with Crippen LogP contribution in [0.2, 0.25) is 0 Å². The van der Waals surface area contributed by atoms with Crippen LogP contribution in [-0.2, 0) is 4.74 Å². The lowest BCUT2D eigenvalue weighted by atomic mass is 10.00. The number of rotatable bonds is 5. The van der Waals surface area contributed by atoms with E-state index >= 15 is 0 Å². The fourth-order valence-corrected chi connectivity index (χ4v) is 4.32. The van der Waals surface area contributed by atoms with Crippen LogP contribution in [0.15, 0.2) is 77.2 Å². The number of amides is 1. The van der Waals surface area contributed by atoms with E-state index in [1.165, 1.54) is 12.1 Å². The van der Waals surface area contributed by atoms with Gasteiger partial charge >= 0.3 is 0 Å². The largest absolute Gasteiger partial charge is 0.457 e. The second kappa shape index (κ2) is 9.17. The number of hydrogen-bond acceptors (Lipinski definition) is 4. The molecule has 0 aliphatic carbocycles. The molecule has 0 unspecified atom stereocenters. The van der Waals surface area contributed by atoms with Crippen molar-refractivity contribution >= 4 is 22.6 Å². The number of halogens is 1. The van der Waals surface area contributed by atoms with Crippen molar-refractivity contribution in [2.75, 3.05) is 31.6 Å². The Bertz CT molecular complexity index is 1280. The molecule has 1 amide bonds. The molecule has 33 heavy (non-hydrogen) atoms. The number of para-hydroxylation sites is 1. The number of hydrogen-bond donors (Lipinski definition) is 1. The van der Waals surface area contributed by atoms with Gasteiger partial charge in [0.2, 0.25) is 0 Å². The Kier molecular flexibility index (Phi) is 5.94. The molecule has 6 heteroatoms. The summed E-state index contributed by atoms with van der Waals surface area (Å²) in [6.45, 7) is 4.48. The maximum atomic E-state index is 14.2. The monoisotopic (exact) mass is 444 g/mol. The van der Waals surface area contributed by atoms with Gasteiger partial charge in [-0.3, -0.25) is 9.69 Å². The van der Waals surface area contributed by atoms with Crippen molar-refractivity contribution in [1.82, 2.24) is 4.90 Å². The zero-order valence-corrected chi connectivity index (χ0v) is 18.4. The van der Waals surface area contributed by atoms with Gasteiger partial charge in [0.05, 0.1) is 24.9 Å². The molecule has 1 aliphatic heterocycles. The van der Waals surface area contributed by atoms with Crippen LogP contribution < -0.4 is 5.32 Å². The van der Waals surface area contributed by atoms with E-state index in [4.69, 9.17) is 9.15 Å². The molecule has 0 saturated carbocycles. The van der Waals surface area contributed by atoms with Crippen LogP contribution >= 0.6 is 0 Å². The summed E-state index contributed by atoms with van der Waals surface area (Å²) in [5, 5.41) is 3.90. The van der Waals surface area contributed by atoms with Gasteiger partial charge in [0.1, 0.15) is 17.2 Å². The normalized spacial score (nSPS) is 15.5. The minimum Gasteiger partial charge on any atom is -0.457 e. The SMILES string of the molecule is Cc1ccc(C(=O)Nc2c([C@@H](c3cccc(F)c3)N3CCOCC3)oc3ccccc23)cc1. The van der Waals surface area contributed by atoms with E-state index in [0.717, 1.165) is 16.5 Å². The average Bonchev–Trinajstić information content (AvgIpc) is 3.18. The van der Waals surface area contributed by atoms with Crippen molar-refractivity contribution in [2.24, 2.45) is 0 Å². The molecule has 5 rings (SSSR count). The van der Waals surface area contributed by atoms with E-state index in [9.17, 15) is 9.18 Å². The summed E-state index contributed by atoms with van der Waals surface area (Å²) in [7, 11) is 0. The van der Waals surface area contributed by atoms with Crippen LogP contribution in [0.3, 0.4) is 0 Å². The Labute approximate surface area is 191 Å². The van der Waals surface area contributed by atoms with Crippen LogP contribution in [0.1, 0.15) is 33.3 Å². The first-order chi connectivity index (χ1) is 16.1. The Balaban J connectivity index is 1.63. The summed E-state index contributed by atoms with van der Waals surface area (Å²) in [5.41, 5.74) is 3.69. The number of fused-ring (bicyclic) bond motifs is 1. The molecule has 3 aromatic carbocycles. The number of aryl methyl sites for hydroxylation is 1. The second-order valence-corrected chi connectivity index (χ2v) is 8.26. The number of ether oxygens (including phenoxy) is 1. The number of morpholine rings is 1. The van der Waals surface area contributed by atoms with E-state index < -0.39 is 0 Å². The molecule has 1 N–H and O–H groups in total. The van der Waals surface area contributed by atoms with E-state index in [0.29, 0.717) is 48.9 Å². The molecular formula is C27H25FN2O3. The number of nitrogens with one attached hydrogen (secondary N) is 1. The summed E-state index contributed by atoms with van der Waals surface area (Å²) in [5.74, 6) is 0.0547. The van der Waals surface area contributed by atoms with Gasteiger partial charge in [0.25, 0.3) is 5.91 Å². The lowest BCUT2D eigenvalue weighted by Gasteiger charge is -2.34. The summed E-state index contributed by atoms with van der Waals surface area (Å²) in [4.78, 5) is 15.4. The zero-order valence-electron chi connectivity index (χ0n) is 18.4. The zero-order chi connectivity index (χ0) is 22.8. The van der Waals surface area contributed by atoms with Gasteiger partial charge in [-0.25, -0.2) is 4.39 Å². The fourth-order valence-electron chi connectivity index (χ4n) is 4.32. The van der Waals surface area contributed by atoms with E-state index in [-0.39, 0.29) is 17.8 Å². The van der Waals surface area contributed by atoms with Gasteiger partial charge in [-0.2, -0.15) is 0 Å². The van der Waals surface area contributed by atoms with Crippen molar-refractivity contribution in [2.45, 2.75) is 13.0 Å². The number of furan rings is 1. The molecule has 1 aliphatic rings. The van der Waals surface area contributed by atoms with Gasteiger partial charge in [-0.15, -0.1) is 0 Å². The third-order valence-corrected chi connectivity index (χ3v) is 6.00. The quantitative estimate of drug-likeness (QED) is 0.438. The number of carbonyl (C=O) groups is 1. The Morgan fingerprint density at radius 3 is 2.52 bits per heavy atom. The molecule has 1 saturated heterocycles. The minimum absolute atomic E-state index is 0.220. The first-order valence-corrected chi connectivity index (χ1v) is 11.1. The fraction of sp³-hybridized carbons (Fsp3) is 0.222. The minimum atomic E-state index is -0.370. The predicted molar refractivity (Wildman–Crippen MR) is 126 cm³/mol. The molecule has 0 spiro atoms. The summed E-state index contributed by atoms with van der Waals surface area (Å²) < 4.78 is 26.1. The average molecular weight is 445 g/mol. The molecule has 0 bridgehead atoms. The number of anilines is 1. The molecule has 1 fully saturated rings. The third kappa shape index (κ3) is 4.40. The summed E-state index contributed by atoms with van der Waals surface area (Å²) >= 11 is 0. The molecule has 168 valence electrons. The van der Waals surface area contributed by atoms with Crippen molar-refractivity contribution in [1.29, 1.82) is 0 Å². The van der Waals surface area contributed by atoms with Crippen LogP contribution in [-0.4, -0.2) is 37.1 Å². The third-order valence-electron chi connectivity index (χ3n) is 6.00. The number of benzene rings is 3. The van der Waals surface area contributed by atoms with Gasteiger partial charge in [-0.1, -0.05) is 42.0 Å². The lowest BCUT2D eigenvalue weighted by Crippen LogP contribution is -2.39. The molecule has 5 nitrogen and oxygen atoms in total. The van der Waals surface area contributed by atoms with Crippen molar-refractivity contribution in [3.05, 3.63) is 101 Å². The molecule has 0 radical (unpaired) electrons. The highest BCUT2D eigenvalue weighted by molar-refractivity contribution is 6.09. The van der Waals surface area contributed by atoms with Crippen LogP contribution in [0, 0.1) is 12.7 Å². The molecule has 2 heterocycles. The predicted octanol–water partition coefficient (Wildman–Crippen LogP) is 5.55. The maximum absolute atomic E-state index is 14.2. The first kappa shape index (κ1) is 21.4. The number of nitrogens with zero attached hydrogens (tertiary/aromatic N) is 1. The smallest absolute Gasteiger partial charge is 0.255 e. The molecule has 1 aromatic heterocycles. The first-order valence-electron chi connectivity index (χ1n) is 11.1. The Hall–Kier alpha value is -3.48. The van der Waals surface area contributed by atoms with E-state index in [2.05, 4.69) is 10.2 Å². The van der Waals surface area contributed by atoms with Crippen molar-refractivity contribution in [3.63, 3.8) is 0 Å². The summed E-state index contributed by atoms with van der Waals surface area (Å²) in [6.07, 6.45) is 0. The Morgan fingerprint density at radius 2 is 1.76 bits per heavy atom. The highest BCUT2D eigenvalue weighted by atomic mass is 19.1. The lowest BCUT2D eigenvalue weighted by molar-refractivity contribution is 0.0205. The van der Waals surface area contributed by atoms with Crippen molar-refractivity contribution < 1.29 is 18.3 Å². The van der Waals surface area contributed by atoms with Crippen molar-refractivity contribution in [3.8, 4) is 0 Å². The highest BCUT2D eigenvalue weighted by Crippen LogP contribution is 2.41. The van der Waals surface area contributed by atoms with Crippen LogP contribution in [0.25, 0.3) is 11.0 Å². The van der Waals surface area contributed by atoms with Gasteiger partial charge in [0, 0.05) is 24.0 Å². The van der Waals surface area contributed by atoms with E-state index in [1.807, 2.05) is 49.4 Å². The van der Waals surface area contributed by atoms with Crippen LogP contribution in [0.5, 0.6) is 0 Å². The van der Waals surface area contributed by atoms with Crippen LogP contribution in [0.4, 0.5) is 10.1 Å². The Morgan fingerprint density at radius 1 is 1.00 bits per heavy atom. The van der Waals surface area contributed by atoms with E-state index in [1.54, 1.807) is 18.2 Å². The highest BCUT2D eigenvalue weighted by Gasteiger charge is 2.31. The summed E-state index contributed by atoms with van der Waals surface area (Å²) in [6, 6.07) is 21.2. The van der Waals surface area contributed by atoms with Gasteiger partial charge in [-0.05, 0) is 48.9 Å². The molecule has 4 aromatic rings. The molecule has 1 atom stereocenters. The molecular weight excluding hydrogens is 419 g/mol. The maximum Gasteiger partial charge on any atom is 0.255 e. The second-order valence-electron chi connectivity index (χ2n) is 8.26. The van der Waals surface area contributed by atoms with Gasteiger partial charge in [0.15, 0.2) is 0 Å². The standard InChI is InChI=1S/C27H25FN2O3/c1-18-9-11-19(12-10-18)27(31)29-24-22-7-2-3-8-23(22)33-26(24)25(30-13-15-32-16-14-30)20-5-4-6-21(28)17-20/h2-12,17,25H,13-16H2,1H3,(H,29,31)/t25-/m1/s1. The van der Waals surface area contributed by atoms with Gasteiger partial charge < -0.3 is 14.5 Å². The number of carbonyl (C=O) groups excluding carboxylic acids is 1. The topological polar surface area (TPSA) is 54.7 Å².